The van der Waals surface area contributed by atoms with Gasteiger partial charge in [-0.2, -0.15) is 0 Å². The third kappa shape index (κ3) is 3.78. The van der Waals surface area contributed by atoms with Gasteiger partial charge in [0.1, 0.15) is 16.4 Å². The third-order valence-electron chi connectivity index (χ3n) is 4.35. The van der Waals surface area contributed by atoms with Crippen molar-refractivity contribution in [2.45, 2.75) is 17.4 Å². The lowest BCUT2D eigenvalue weighted by molar-refractivity contribution is 0.391. The first-order chi connectivity index (χ1) is 12.0. The summed E-state index contributed by atoms with van der Waals surface area (Å²) < 4.78 is 38.5. The molecule has 134 valence electrons. The van der Waals surface area contributed by atoms with Gasteiger partial charge in [-0.05, 0) is 36.2 Å². The van der Waals surface area contributed by atoms with E-state index in [4.69, 9.17) is 9.47 Å². The molecule has 2 aromatic carbocycles. The van der Waals surface area contributed by atoms with E-state index in [1.807, 2.05) is 18.2 Å². The Morgan fingerprint density at radius 3 is 2.72 bits per heavy atom. The number of hydrogen-bond acceptors (Lipinski definition) is 5. The molecule has 0 saturated heterocycles. The van der Waals surface area contributed by atoms with Crippen LogP contribution >= 0.6 is 0 Å². The third-order valence-corrected chi connectivity index (χ3v) is 5.80. The lowest BCUT2D eigenvalue weighted by atomic mass is 9.95. The molecule has 6 nitrogen and oxygen atoms in total. The molecule has 0 aromatic heterocycles. The smallest absolute Gasteiger partial charge is 0.244 e. The second-order valence-electron chi connectivity index (χ2n) is 5.82. The highest BCUT2D eigenvalue weighted by molar-refractivity contribution is 7.89. The molecular formula is C18H22N2O4S. The van der Waals surface area contributed by atoms with Gasteiger partial charge in [-0.15, -0.1) is 0 Å². The van der Waals surface area contributed by atoms with Crippen molar-refractivity contribution >= 4 is 10.0 Å². The number of ether oxygens (including phenoxy) is 2. The minimum absolute atomic E-state index is 0.0590. The van der Waals surface area contributed by atoms with Gasteiger partial charge in [0, 0.05) is 18.7 Å². The highest BCUT2D eigenvalue weighted by atomic mass is 32.2. The summed E-state index contributed by atoms with van der Waals surface area (Å²) in [5.74, 6) is 0.743. The topological polar surface area (TPSA) is 76.7 Å². The van der Waals surface area contributed by atoms with E-state index in [1.54, 1.807) is 12.1 Å². The van der Waals surface area contributed by atoms with Crippen molar-refractivity contribution in [3.63, 3.8) is 0 Å². The minimum Gasteiger partial charge on any atom is -0.497 e. The van der Waals surface area contributed by atoms with Crippen molar-refractivity contribution in [1.29, 1.82) is 0 Å². The summed E-state index contributed by atoms with van der Waals surface area (Å²) in [6.45, 7) is 1.09. The number of fused-ring (bicyclic) bond motifs is 1. The molecule has 0 spiro atoms. The summed E-state index contributed by atoms with van der Waals surface area (Å²) in [5.41, 5.74) is 2.39. The molecule has 0 amide bonds. The second-order valence-corrected chi connectivity index (χ2v) is 7.56. The molecule has 3 rings (SSSR count). The molecule has 1 aliphatic rings. The number of nitrogens with one attached hydrogen (secondary N) is 2. The Bertz CT molecular complexity index is 852. The van der Waals surface area contributed by atoms with Crippen molar-refractivity contribution < 1.29 is 17.9 Å². The summed E-state index contributed by atoms with van der Waals surface area (Å²) in [5, 5.41) is 3.37. The SMILES string of the molecule is COc1ccc(OC)c(S(=O)(=O)NCC2NCCc3ccccc32)c1. The molecule has 1 heterocycles. The number of hydrogen-bond donors (Lipinski definition) is 2. The fraction of sp³-hybridized carbons (Fsp3) is 0.333. The molecule has 0 fully saturated rings. The van der Waals surface area contributed by atoms with Crippen LogP contribution in [0.15, 0.2) is 47.4 Å². The van der Waals surface area contributed by atoms with Gasteiger partial charge >= 0.3 is 0 Å². The van der Waals surface area contributed by atoms with Crippen molar-refractivity contribution in [3.05, 3.63) is 53.6 Å². The Balaban J connectivity index is 1.82. The maximum atomic E-state index is 12.8. The fourth-order valence-electron chi connectivity index (χ4n) is 3.04. The van der Waals surface area contributed by atoms with E-state index in [0.717, 1.165) is 18.5 Å². The standard InChI is InChI=1S/C18H22N2O4S/c1-23-14-7-8-17(24-2)18(11-14)25(21,22)20-12-16-15-6-4-3-5-13(15)9-10-19-16/h3-8,11,16,19-20H,9-10,12H2,1-2H3. The van der Waals surface area contributed by atoms with Crippen LogP contribution in [0.1, 0.15) is 17.2 Å². The molecule has 2 N–H and O–H groups in total. The van der Waals surface area contributed by atoms with Crippen molar-refractivity contribution in [1.82, 2.24) is 10.0 Å². The van der Waals surface area contributed by atoms with E-state index in [2.05, 4.69) is 16.1 Å². The first-order valence-electron chi connectivity index (χ1n) is 8.08. The lowest BCUT2D eigenvalue weighted by Gasteiger charge is -2.27. The van der Waals surface area contributed by atoms with Crippen LogP contribution in [0, 0.1) is 0 Å². The highest BCUT2D eigenvalue weighted by Gasteiger charge is 2.24. The Labute approximate surface area is 148 Å². The number of rotatable bonds is 6. The van der Waals surface area contributed by atoms with E-state index < -0.39 is 10.0 Å². The van der Waals surface area contributed by atoms with Crippen LogP contribution in [0.25, 0.3) is 0 Å². The van der Waals surface area contributed by atoms with Crippen LogP contribution in [0.5, 0.6) is 11.5 Å². The van der Waals surface area contributed by atoms with Crippen LogP contribution in [0.2, 0.25) is 0 Å². The van der Waals surface area contributed by atoms with Crippen LogP contribution < -0.4 is 19.5 Å². The van der Waals surface area contributed by atoms with Crippen LogP contribution in [0.3, 0.4) is 0 Å². The van der Waals surface area contributed by atoms with E-state index in [1.165, 1.54) is 25.8 Å². The van der Waals surface area contributed by atoms with E-state index >= 15 is 0 Å². The predicted octanol–water partition coefficient (Wildman–Crippen LogP) is 1.87. The van der Waals surface area contributed by atoms with E-state index in [0.29, 0.717) is 5.75 Å². The Morgan fingerprint density at radius 2 is 1.96 bits per heavy atom. The zero-order chi connectivity index (χ0) is 17.9. The monoisotopic (exact) mass is 362 g/mol. The Kier molecular flexibility index (Phi) is 5.27. The fourth-order valence-corrected chi connectivity index (χ4v) is 4.27. The molecule has 25 heavy (non-hydrogen) atoms. The van der Waals surface area contributed by atoms with Gasteiger partial charge in [0.2, 0.25) is 10.0 Å². The summed E-state index contributed by atoms with van der Waals surface area (Å²) in [6, 6.07) is 12.7. The molecule has 0 saturated carbocycles. The van der Waals surface area contributed by atoms with Crippen LogP contribution in [-0.4, -0.2) is 35.7 Å². The van der Waals surface area contributed by atoms with Gasteiger partial charge in [0.05, 0.1) is 14.2 Å². The molecule has 2 aromatic rings. The largest absolute Gasteiger partial charge is 0.497 e. The average Bonchev–Trinajstić information content (AvgIpc) is 2.65. The van der Waals surface area contributed by atoms with Gasteiger partial charge in [-0.25, -0.2) is 13.1 Å². The molecule has 7 heteroatoms. The molecule has 0 bridgehead atoms. The van der Waals surface area contributed by atoms with Crippen molar-refractivity contribution in [3.8, 4) is 11.5 Å². The molecule has 0 aliphatic carbocycles. The first kappa shape index (κ1) is 17.7. The van der Waals surface area contributed by atoms with Crippen LogP contribution in [0.4, 0.5) is 0 Å². The number of methoxy groups -OCH3 is 2. The summed E-state index contributed by atoms with van der Waals surface area (Å²) in [7, 11) is -0.794. The van der Waals surface area contributed by atoms with Gasteiger partial charge in [-0.1, -0.05) is 24.3 Å². The Morgan fingerprint density at radius 1 is 1.16 bits per heavy atom. The highest BCUT2D eigenvalue weighted by Crippen LogP contribution is 2.28. The number of benzene rings is 2. The Hall–Kier alpha value is -2.09. The van der Waals surface area contributed by atoms with Gasteiger partial charge in [0.25, 0.3) is 0 Å². The zero-order valence-electron chi connectivity index (χ0n) is 14.3. The lowest BCUT2D eigenvalue weighted by Crippen LogP contribution is -2.38. The average molecular weight is 362 g/mol. The summed E-state index contributed by atoms with van der Waals surface area (Å²) in [4.78, 5) is 0.0680. The van der Waals surface area contributed by atoms with Gasteiger partial charge in [-0.3, -0.25) is 0 Å². The quantitative estimate of drug-likeness (QED) is 0.820. The minimum atomic E-state index is -3.73. The molecule has 1 unspecified atom stereocenters. The first-order valence-corrected chi connectivity index (χ1v) is 9.56. The van der Waals surface area contributed by atoms with E-state index in [9.17, 15) is 8.42 Å². The summed E-state index contributed by atoms with van der Waals surface area (Å²) >= 11 is 0. The molecule has 0 radical (unpaired) electrons. The summed E-state index contributed by atoms with van der Waals surface area (Å²) in [6.07, 6.45) is 0.948. The molecule has 1 aliphatic heterocycles. The predicted molar refractivity (Wildman–Crippen MR) is 95.6 cm³/mol. The van der Waals surface area contributed by atoms with Gasteiger partial charge < -0.3 is 14.8 Å². The maximum absolute atomic E-state index is 12.8. The second kappa shape index (κ2) is 7.43. The van der Waals surface area contributed by atoms with Gasteiger partial charge in [0.15, 0.2) is 0 Å². The molecular weight excluding hydrogens is 340 g/mol. The van der Waals surface area contributed by atoms with Crippen LogP contribution in [-0.2, 0) is 16.4 Å². The molecule has 1 atom stereocenters. The van der Waals surface area contributed by atoms with Crippen molar-refractivity contribution in [2.75, 3.05) is 27.3 Å². The maximum Gasteiger partial charge on any atom is 0.244 e. The number of sulfonamides is 1. The normalized spacial score (nSPS) is 17.0. The van der Waals surface area contributed by atoms with E-state index in [-0.39, 0.29) is 23.2 Å². The van der Waals surface area contributed by atoms with Crippen molar-refractivity contribution in [2.24, 2.45) is 0 Å². The zero-order valence-corrected chi connectivity index (χ0v) is 15.1.